The summed E-state index contributed by atoms with van der Waals surface area (Å²) in [7, 11) is 0. The van der Waals surface area contributed by atoms with Gasteiger partial charge in [-0.3, -0.25) is 4.79 Å². The summed E-state index contributed by atoms with van der Waals surface area (Å²) < 4.78 is 26.1. The van der Waals surface area contributed by atoms with Crippen molar-refractivity contribution < 1.29 is 13.6 Å². The minimum absolute atomic E-state index is 0.151. The lowest BCUT2D eigenvalue weighted by molar-refractivity contribution is -0.123. The van der Waals surface area contributed by atoms with Gasteiger partial charge in [0.1, 0.15) is 0 Å². The largest absolute Gasteiger partial charge is 0.347 e. The van der Waals surface area contributed by atoms with E-state index in [-0.39, 0.29) is 11.5 Å². The van der Waals surface area contributed by atoms with Gasteiger partial charge in [0.05, 0.1) is 10.8 Å². The Morgan fingerprint density at radius 1 is 1.41 bits per heavy atom. The predicted octanol–water partition coefficient (Wildman–Crippen LogP) is 2.65. The van der Waals surface area contributed by atoms with Crippen LogP contribution in [0.4, 0.5) is 8.78 Å². The maximum Gasteiger partial charge on any atom is 0.236 e. The molecule has 0 bridgehead atoms. The van der Waals surface area contributed by atoms with Crippen LogP contribution in [0.3, 0.4) is 0 Å². The van der Waals surface area contributed by atoms with Gasteiger partial charge < -0.3 is 5.32 Å². The Labute approximate surface area is 103 Å². The minimum atomic E-state index is -0.883. The van der Waals surface area contributed by atoms with Gasteiger partial charge in [-0.05, 0) is 19.9 Å². The van der Waals surface area contributed by atoms with Crippen molar-refractivity contribution in [2.75, 3.05) is 5.75 Å². The van der Waals surface area contributed by atoms with Crippen molar-refractivity contribution in [2.45, 2.75) is 24.6 Å². The third-order valence-corrected chi connectivity index (χ3v) is 4.23. The van der Waals surface area contributed by atoms with Gasteiger partial charge in [0.25, 0.3) is 0 Å². The van der Waals surface area contributed by atoms with Crippen LogP contribution in [-0.4, -0.2) is 16.4 Å². The molecule has 17 heavy (non-hydrogen) atoms. The van der Waals surface area contributed by atoms with Crippen LogP contribution in [0.5, 0.6) is 0 Å². The van der Waals surface area contributed by atoms with Crippen molar-refractivity contribution in [3.8, 4) is 0 Å². The first kappa shape index (κ1) is 12.4. The van der Waals surface area contributed by atoms with E-state index in [0.29, 0.717) is 5.75 Å². The van der Waals surface area contributed by atoms with E-state index in [1.54, 1.807) is 0 Å². The highest BCUT2D eigenvalue weighted by Crippen LogP contribution is 2.35. The lowest BCUT2D eigenvalue weighted by Gasteiger charge is -2.34. The van der Waals surface area contributed by atoms with E-state index >= 15 is 0 Å². The number of halogens is 2. The van der Waals surface area contributed by atoms with Crippen molar-refractivity contribution in [1.82, 2.24) is 5.32 Å². The number of hydrogen-bond donors (Lipinski definition) is 1. The second kappa shape index (κ2) is 4.29. The van der Waals surface area contributed by atoms with Crippen LogP contribution in [0.15, 0.2) is 18.2 Å². The third-order valence-electron chi connectivity index (χ3n) is 2.82. The molecule has 92 valence electrons. The molecule has 1 saturated heterocycles. The van der Waals surface area contributed by atoms with E-state index in [9.17, 15) is 13.6 Å². The molecule has 1 aliphatic heterocycles. The van der Waals surface area contributed by atoms with Gasteiger partial charge >= 0.3 is 0 Å². The molecule has 1 amide bonds. The molecular weight excluding hydrogens is 244 g/mol. The second-order valence-electron chi connectivity index (χ2n) is 4.49. The fraction of sp³-hybridized carbons (Fsp3) is 0.417. The maximum absolute atomic E-state index is 13.6. The van der Waals surface area contributed by atoms with E-state index in [1.165, 1.54) is 23.9 Å². The zero-order valence-electron chi connectivity index (χ0n) is 9.59. The molecule has 1 heterocycles. The van der Waals surface area contributed by atoms with Crippen LogP contribution in [0, 0.1) is 11.6 Å². The molecular formula is C12H13F2NOS. The zero-order valence-corrected chi connectivity index (χ0v) is 10.4. The van der Waals surface area contributed by atoms with Crippen molar-refractivity contribution in [3.63, 3.8) is 0 Å². The molecule has 2 rings (SSSR count). The van der Waals surface area contributed by atoms with Gasteiger partial charge in [-0.2, -0.15) is 0 Å². The van der Waals surface area contributed by atoms with Gasteiger partial charge in [-0.1, -0.05) is 12.1 Å². The fourth-order valence-corrected chi connectivity index (χ4v) is 2.72. The van der Waals surface area contributed by atoms with Crippen LogP contribution in [0.1, 0.15) is 25.5 Å². The van der Waals surface area contributed by atoms with Gasteiger partial charge in [-0.25, -0.2) is 8.78 Å². The van der Waals surface area contributed by atoms with Crippen LogP contribution in [0.2, 0.25) is 0 Å². The number of nitrogens with one attached hydrogen (secondary N) is 1. The number of amides is 1. The Balaban J connectivity index is 2.26. The summed E-state index contributed by atoms with van der Waals surface area (Å²) in [6, 6.07) is 3.56. The monoisotopic (exact) mass is 257 g/mol. The number of benzene rings is 1. The van der Waals surface area contributed by atoms with Crippen LogP contribution < -0.4 is 5.32 Å². The fourth-order valence-electron chi connectivity index (χ4n) is 1.69. The molecule has 0 spiro atoms. The topological polar surface area (TPSA) is 29.1 Å². The van der Waals surface area contributed by atoms with Crippen molar-refractivity contribution in [1.29, 1.82) is 0 Å². The Morgan fingerprint density at radius 3 is 2.76 bits per heavy atom. The van der Waals surface area contributed by atoms with Crippen molar-refractivity contribution >= 4 is 17.7 Å². The molecule has 1 aromatic rings. The molecule has 0 aliphatic carbocycles. The molecule has 1 aromatic carbocycles. The van der Waals surface area contributed by atoms with E-state index in [4.69, 9.17) is 0 Å². The summed E-state index contributed by atoms with van der Waals surface area (Å²) in [5, 5.41) is 2.72. The quantitative estimate of drug-likeness (QED) is 0.838. The summed E-state index contributed by atoms with van der Waals surface area (Å²) in [6.07, 6.45) is 0. The molecule has 2 nitrogen and oxygen atoms in total. The van der Waals surface area contributed by atoms with Crippen LogP contribution in [-0.2, 0) is 4.79 Å². The summed E-state index contributed by atoms with van der Waals surface area (Å²) in [4.78, 5) is 11.7. The molecule has 1 fully saturated rings. The molecule has 0 saturated carbocycles. The number of carbonyl (C=O) groups excluding carboxylic acids is 1. The highest BCUT2D eigenvalue weighted by molar-refractivity contribution is 8.01. The molecule has 1 atom stereocenters. The molecule has 5 heteroatoms. The third kappa shape index (κ3) is 2.29. The molecule has 1 aliphatic rings. The first-order valence-corrected chi connectivity index (χ1v) is 6.29. The van der Waals surface area contributed by atoms with Gasteiger partial charge in [0.2, 0.25) is 5.91 Å². The Bertz CT molecular complexity index is 462. The van der Waals surface area contributed by atoms with Gasteiger partial charge in [0.15, 0.2) is 11.6 Å². The standard InChI is InChI=1S/C12H13F2NOS/c1-12(2)11(16)15-9(6-17-12)7-4-3-5-8(13)10(7)14/h3-5,9H,6H2,1-2H3,(H,15,16)/t9-/m0/s1. The summed E-state index contributed by atoms with van der Waals surface area (Å²) >= 11 is 1.44. The van der Waals surface area contributed by atoms with Crippen LogP contribution >= 0.6 is 11.8 Å². The number of carbonyl (C=O) groups is 1. The van der Waals surface area contributed by atoms with Crippen molar-refractivity contribution in [2.24, 2.45) is 0 Å². The zero-order chi connectivity index (χ0) is 12.6. The van der Waals surface area contributed by atoms with Gasteiger partial charge in [-0.15, -0.1) is 11.8 Å². The lowest BCUT2D eigenvalue weighted by Crippen LogP contribution is -2.47. The molecule has 0 aromatic heterocycles. The first-order valence-electron chi connectivity index (χ1n) is 5.30. The molecule has 0 radical (unpaired) electrons. The van der Waals surface area contributed by atoms with Crippen LogP contribution in [0.25, 0.3) is 0 Å². The predicted molar refractivity (Wildman–Crippen MR) is 63.8 cm³/mol. The number of thioether (sulfide) groups is 1. The van der Waals surface area contributed by atoms with E-state index in [1.807, 2.05) is 13.8 Å². The number of rotatable bonds is 1. The minimum Gasteiger partial charge on any atom is -0.347 e. The normalized spacial score (nSPS) is 23.3. The Hall–Kier alpha value is -1.10. The van der Waals surface area contributed by atoms with Gasteiger partial charge in [0, 0.05) is 11.3 Å². The van der Waals surface area contributed by atoms with E-state index < -0.39 is 22.4 Å². The lowest BCUT2D eigenvalue weighted by atomic mass is 10.1. The van der Waals surface area contributed by atoms with E-state index in [2.05, 4.69) is 5.32 Å². The number of hydrogen-bond acceptors (Lipinski definition) is 2. The maximum atomic E-state index is 13.6. The van der Waals surface area contributed by atoms with E-state index in [0.717, 1.165) is 6.07 Å². The SMILES string of the molecule is CC1(C)SC[C@@H](c2cccc(F)c2F)NC1=O. The average Bonchev–Trinajstić information content (AvgIpc) is 2.26. The molecule has 0 unspecified atom stereocenters. The second-order valence-corrected chi connectivity index (χ2v) is 6.13. The summed E-state index contributed by atoms with van der Waals surface area (Å²) in [5.41, 5.74) is 0.210. The molecule has 1 N–H and O–H groups in total. The summed E-state index contributed by atoms with van der Waals surface area (Å²) in [5.74, 6) is -1.37. The highest BCUT2D eigenvalue weighted by Gasteiger charge is 2.36. The Morgan fingerprint density at radius 2 is 2.12 bits per heavy atom. The highest BCUT2D eigenvalue weighted by atomic mass is 32.2. The average molecular weight is 257 g/mol. The summed E-state index contributed by atoms with van der Waals surface area (Å²) in [6.45, 7) is 3.62. The van der Waals surface area contributed by atoms with Crippen molar-refractivity contribution in [3.05, 3.63) is 35.4 Å². The smallest absolute Gasteiger partial charge is 0.236 e. The first-order chi connectivity index (χ1) is 7.92. The Kier molecular flexibility index (Phi) is 3.12.